The number of rotatable bonds is 3. The Morgan fingerprint density at radius 1 is 1.13 bits per heavy atom. The van der Waals surface area contributed by atoms with Gasteiger partial charge < -0.3 is 0 Å². The number of aromatic nitrogens is 2. The Bertz CT molecular complexity index is 876. The molecule has 1 amide bonds. The predicted octanol–water partition coefficient (Wildman–Crippen LogP) is 4.73. The summed E-state index contributed by atoms with van der Waals surface area (Å²) in [5.74, 6) is -0.281. The molecule has 0 atom stereocenters. The third-order valence-electron chi connectivity index (χ3n) is 3.21. The molecule has 0 spiro atoms. The van der Waals surface area contributed by atoms with E-state index in [1.54, 1.807) is 6.07 Å². The molecule has 0 fully saturated rings. The van der Waals surface area contributed by atoms with E-state index < -0.39 is 0 Å². The summed E-state index contributed by atoms with van der Waals surface area (Å²) in [7, 11) is 0. The monoisotopic (exact) mass is 343 g/mol. The van der Waals surface area contributed by atoms with Crippen LogP contribution in [0.4, 0.5) is 5.13 Å². The Labute approximate surface area is 143 Å². The van der Waals surface area contributed by atoms with Crippen molar-refractivity contribution in [2.24, 2.45) is 0 Å². The number of anilines is 1. The second-order valence-corrected chi connectivity index (χ2v) is 6.38. The Morgan fingerprint density at radius 3 is 2.61 bits per heavy atom. The molecule has 23 heavy (non-hydrogen) atoms. The minimum atomic E-state index is -0.281. The molecule has 116 valence electrons. The largest absolute Gasteiger partial charge is 0.296 e. The van der Waals surface area contributed by atoms with Gasteiger partial charge in [-0.1, -0.05) is 29.8 Å². The van der Waals surface area contributed by atoms with Crippen molar-refractivity contribution in [3.63, 3.8) is 0 Å². The molecule has 0 saturated carbocycles. The summed E-state index contributed by atoms with van der Waals surface area (Å²) in [5, 5.41) is 5.86. The molecule has 3 rings (SSSR count). The third-order valence-corrected chi connectivity index (χ3v) is 4.42. The molecular formula is C17H14ClN3OS. The van der Waals surface area contributed by atoms with Crippen LogP contribution in [0.1, 0.15) is 21.9 Å². The third kappa shape index (κ3) is 3.57. The van der Waals surface area contributed by atoms with Crippen LogP contribution in [0.5, 0.6) is 0 Å². The van der Waals surface area contributed by atoms with E-state index in [0.29, 0.717) is 15.8 Å². The number of halogens is 1. The highest BCUT2D eigenvalue weighted by Crippen LogP contribution is 2.28. The number of pyridine rings is 1. The van der Waals surface area contributed by atoms with Gasteiger partial charge >= 0.3 is 0 Å². The highest BCUT2D eigenvalue weighted by molar-refractivity contribution is 7.13. The normalized spacial score (nSPS) is 10.6. The second-order valence-electron chi connectivity index (χ2n) is 5.11. The minimum absolute atomic E-state index is 0.281. The molecule has 1 N–H and O–H groups in total. The van der Waals surface area contributed by atoms with E-state index >= 15 is 0 Å². The first-order chi connectivity index (χ1) is 11.0. The van der Waals surface area contributed by atoms with Gasteiger partial charge in [0.25, 0.3) is 5.91 Å². The van der Waals surface area contributed by atoms with Gasteiger partial charge in [-0.3, -0.25) is 10.1 Å². The van der Waals surface area contributed by atoms with Crippen LogP contribution >= 0.6 is 22.9 Å². The van der Waals surface area contributed by atoms with Gasteiger partial charge in [0.2, 0.25) is 0 Å². The zero-order chi connectivity index (χ0) is 16.4. The van der Waals surface area contributed by atoms with Crippen molar-refractivity contribution in [2.45, 2.75) is 13.8 Å². The van der Waals surface area contributed by atoms with E-state index in [-0.39, 0.29) is 5.91 Å². The van der Waals surface area contributed by atoms with Gasteiger partial charge in [0.15, 0.2) is 5.13 Å². The maximum atomic E-state index is 12.4. The summed E-state index contributed by atoms with van der Waals surface area (Å²) < 4.78 is 0. The summed E-state index contributed by atoms with van der Waals surface area (Å²) in [6, 6.07) is 11.2. The van der Waals surface area contributed by atoms with Gasteiger partial charge in [-0.05, 0) is 37.6 Å². The first kappa shape index (κ1) is 15.6. The Balaban J connectivity index is 1.94. The van der Waals surface area contributed by atoms with E-state index in [4.69, 9.17) is 11.6 Å². The summed E-state index contributed by atoms with van der Waals surface area (Å²) in [4.78, 5) is 20.9. The molecular weight excluding hydrogens is 330 g/mol. The number of aryl methyl sites for hydroxylation is 2. The summed E-state index contributed by atoms with van der Waals surface area (Å²) in [5.41, 5.74) is 3.71. The molecule has 2 aromatic heterocycles. The van der Waals surface area contributed by atoms with Crippen molar-refractivity contribution in [1.82, 2.24) is 9.97 Å². The van der Waals surface area contributed by atoms with Crippen molar-refractivity contribution in [1.29, 1.82) is 0 Å². The predicted molar refractivity (Wildman–Crippen MR) is 94.2 cm³/mol. The van der Waals surface area contributed by atoms with Crippen LogP contribution in [-0.2, 0) is 0 Å². The number of thiazole rings is 1. The molecule has 0 aliphatic heterocycles. The van der Waals surface area contributed by atoms with Crippen LogP contribution in [0, 0.1) is 13.8 Å². The summed E-state index contributed by atoms with van der Waals surface area (Å²) in [6.45, 7) is 3.73. The highest BCUT2D eigenvalue weighted by atomic mass is 35.5. The van der Waals surface area contributed by atoms with E-state index in [2.05, 4.69) is 15.3 Å². The minimum Gasteiger partial charge on any atom is -0.296 e. The van der Waals surface area contributed by atoms with Crippen LogP contribution in [0.3, 0.4) is 0 Å². The number of nitrogens with zero attached hydrogens (tertiary/aromatic N) is 2. The van der Waals surface area contributed by atoms with Crippen molar-refractivity contribution in [2.75, 3.05) is 5.32 Å². The fourth-order valence-corrected chi connectivity index (χ4v) is 3.14. The second kappa shape index (κ2) is 6.48. The van der Waals surface area contributed by atoms with Gasteiger partial charge in [0.1, 0.15) is 5.69 Å². The van der Waals surface area contributed by atoms with Crippen LogP contribution in [0.15, 0.2) is 41.8 Å². The average molecular weight is 344 g/mol. The SMILES string of the molecule is Cc1cc(-c2ccccc2Cl)cc(C(=O)Nc2nc(C)cs2)n1. The van der Waals surface area contributed by atoms with Gasteiger partial charge in [0, 0.05) is 21.7 Å². The highest BCUT2D eigenvalue weighted by Gasteiger charge is 2.13. The van der Waals surface area contributed by atoms with E-state index in [9.17, 15) is 4.79 Å². The molecule has 0 saturated heterocycles. The lowest BCUT2D eigenvalue weighted by Crippen LogP contribution is -2.14. The Morgan fingerprint density at radius 2 is 1.91 bits per heavy atom. The molecule has 0 bridgehead atoms. The summed E-state index contributed by atoms with van der Waals surface area (Å²) >= 11 is 7.63. The molecule has 0 aliphatic carbocycles. The zero-order valence-corrected chi connectivity index (χ0v) is 14.2. The molecule has 0 unspecified atom stereocenters. The van der Waals surface area contributed by atoms with Gasteiger partial charge in [-0.2, -0.15) is 0 Å². The van der Waals surface area contributed by atoms with Crippen molar-refractivity contribution in [3.05, 3.63) is 63.9 Å². The molecule has 1 aromatic carbocycles. The van der Waals surface area contributed by atoms with Crippen LogP contribution in [0.2, 0.25) is 5.02 Å². The van der Waals surface area contributed by atoms with Crippen LogP contribution < -0.4 is 5.32 Å². The topological polar surface area (TPSA) is 54.9 Å². The number of hydrogen-bond donors (Lipinski definition) is 1. The van der Waals surface area contributed by atoms with Crippen LogP contribution in [-0.4, -0.2) is 15.9 Å². The molecule has 3 aromatic rings. The first-order valence-electron chi connectivity index (χ1n) is 7.00. The lowest BCUT2D eigenvalue weighted by molar-refractivity contribution is 0.102. The Hall–Kier alpha value is -2.24. The maximum Gasteiger partial charge on any atom is 0.276 e. The number of carbonyl (C=O) groups excluding carboxylic acids is 1. The van der Waals surface area contributed by atoms with Crippen LogP contribution in [0.25, 0.3) is 11.1 Å². The van der Waals surface area contributed by atoms with E-state index in [1.165, 1.54) is 11.3 Å². The van der Waals surface area contributed by atoms with Crippen molar-refractivity contribution < 1.29 is 4.79 Å². The molecule has 0 radical (unpaired) electrons. The van der Waals surface area contributed by atoms with Gasteiger partial charge in [-0.15, -0.1) is 11.3 Å². The van der Waals surface area contributed by atoms with E-state index in [0.717, 1.165) is 22.5 Å². The molecule has 0 aliphatic rings. The molecule has 6 heteroatoms. The average Bonchev–Trinajstić information content (AvgIpc) is 2.92. The number of nitrogens with one attached hydrogen (secondary N) is 1. The number of amides is 1. The number of hydrogen-bond acceptors (Lipinski definition) is 4. The van der Waals surface area contributed by atoms with Gasteiger partial charge in [0.05, 0.1) is 5.69 Å². The zero-order valence-electron chi connectivity index (χ0n) is 12.6. The van der Waals surface area contributed by atoms with Gasteiger partial charge in [-0.25, -0.2) is 9.97 Å². The lowest BCUT2D eigenvalue weighted by Gasteiger charge is -2.08. The van der Waals surface area contributed by atoms with Crippen molar-refractivity contribution >= 4 is 34.0 Å². The van der Waals surface area contributed by atoms with Crippen molar-refractivity contribution in [3.8, 4) is 11.1 Å². The fraction of sp³-hybridized carbons (Fsp3) is 0.118. The summed E-state index contributed by atoms with van der Waals surface area (Å²) in [6.07, 6.45) is 0. The smallest absolute Gasteiger partial charge is 0.276 e. The maximum absolute atomic E-state index is 12.4. The molecule has 2 heterocycles. The quantitative estimate of drug-likeness (QED) is 0.748. The molecule has 4 nitrogen and oxygen atoms in total. The first-order valence-corrected chi connectivity index (χ1v) is 8.26. The van der Waals surface area contributed by atoms with E-state index in [1.807, 2.05) is 49.6 Å². The number of carbonyl (C=O) groups is 1. The number of benzene rings is 1. The standard InChI is InChI=1S/C17H14ClN3OS/c1-10-7-12(13-5-3-4-6-14(13)18)8-15(19-10)16(22)21-17-20-11(2)9-23-17/h3-9H,1-2H3,(H,20,21,22). The Kier molecular flexibility index (Phi) is 4.41. The fourth-order valence-electron chi connectivity index (χ4n) is 2.21. The lowest BCUT2D eigenvalue weighted by atomic mass is 10.0.